The lowest BCUT2D eigenvalue weighted by molar-refractivity contribution is -0.274. The number of nitrogens with zero attached hydrogens (tertiary/aromatic N) is 7. The molecule has 15 heteroatoms. The van der Waals surface area contributed by atoms with Crippen LogP contribution in [0.5, 0.6) is 5.75 Å². The van der Waals surface area contributed by atoms with E-state index in [-0.39, 0.29) is 22.5 Å². The highest BCUT2D eigenvalue weighted by molar-refractivity contribution is 8.15. The number of aliphatic imine (C=N–C) groups is 1. The van der Waals surface area contributed by atoms with E-state index in [4.69, 9.17) is 12.2 Å². The average Bonchev–Trinajstić information content (AvgIpc) is 3.60. The summed E-state index contributed by atoms with van der Waals surface area (Å²) >= 11 is 6.67. The van der Waals surface area contributed by atoms with Gasteiger partial charge in [-0.25, -0.2) is 9.67 Å². The molecule has 1 saturated heterocycles. The number of hydrogen-bond donors (Lipinski definition) is 1. The van der Waals surface area contributed by atoms with E-state index < -0.39 is 6.36 Å². The Morgan fingerprint density at radius 3 is 2.52 bits per heavy atom. The molecule has 1 aliphatic rings. The van der Waals surface area contributed by atoms with Crippen LogP contribution >= 0.6 is 24.0 Å². The van der Waals surface area contributed by atoms with Crippen LogP contribution in [0, 0.1) is 6.92 Å². The summed E-state index contributed by atoms with van der Waals surface area (Å²) in [6.07, 6.45) is -1.72. The minimum Gasteiger partial charge on any atom is -0.406 e. The molecule has 1 fully saturated rings. The van der Waals surface area contributed by atoms with E-state index in [1.165, 1.54) is 47.0 Å². The van der Waals surface area contributed by atoms with Crippen LogP contribution in [-0.4, -0.2) is 63.4 Å². The van der Waals surface area contributed by atoms with Gasteiger partial charge in [0, 0.05) is 19.7 Å². The zero-order valence-electron chi connectivity index (χ0n) is 23.6. The van der Waals surface area contributed by atoms with Crippen molar-refractivity contribution in [3.8, 4) is 22.8 Å². The van der Waals surface area contributed by atoms with E-state index in [1.54, 1.807) is 11.1 Å². The number of ether oxygens (including phenoxy) is 1. The van der Waals surface area contributed by atoms with Crippen LogP contribution in [0.1, 0.15) is 11.1 Å². The predicted octanol–water partition coefficient (Wildman–Crippen LogP) is 5.55. The van der Waals surface area contributed by atoms with Gasteiger partial charge in [0.25, 0.3) is 0 Å². The number of amidine groups is 1. The first kappa shape index (κ1) is 30.7. The fraction of sp³-hybridized carbons (Fsp3) is 0.172. The fourth-order valence-corrected chi connectivity index (χ4v) is 5.25. The lowest BCUT2D eigenvalue weighted by Gasteiger charge is -2.24. The minimum atomic E-state index is -4.76. The maximum Gasteiger partial charge on any atom is 0.573 e. The van der Waals surface area contributed by atoms with Gasteiger partial charge in [-0.2, -0.15) is 10.1 Å². The molecule has 2 heterocycles. The Morgan fingerprint density at radius 1 is 1.11 bits per heavy atom. The minimum absolute atomic E-state index is 0.0818. The standard InChI is InChI=1S/C29H25F3N8O2S2/c1-18-4-13-23(38(2)3)24(14-18)40-25(41)16-44-28(40)35-27(43)36-34-15-19-5-7-20(8-6-19)26-33-17-39(37-26)21-9-11-22(12-10-21)42-29(30,31)32/h4-15,17H,16H2,1-3H3,(H,36,43)/b34-15+,35-28-. The van der Waals surface area contributed by atoms with Crippen molar-refractivity contribution < 1.29 is 22.7 Å². The highest BCUT2D eigenvalue weighted by Gasteiger charge is 2.32. The second-order valence-electron chi connectivity index (χ2n) is 9.65. The molecule has 0 saturated carbocycles. The maximum absolute atomic E-state index is 12.8. The molecule has 0 unspecified atom stereocenters. The Hall–Kier alpha value is -4.76. The Labute approximate surface area is 260 Å². The number of nitrogens with one attached hydrogen (secondary N) is 1. The summed E-state index contributed by atoms with van der Waals surface area (Å²) in [5.74, 6) is 0.283. The highest BCUT2D eigenvalue weighted by atomic mass is 32.2. The molecule has 226 valence electrons. The Kier molecular flexibility index (Phi) is 8.96. The smallest absolute Gasteiger partial charge is 0.406 e. The van der Waals surface area contributed by atoms with E-state index in [0.29, 0.717) is 16.7 Å². The highest BCUT2D eigenvalue weighted by Crippen LogP contribution is 2.35. The molecule has 0 spiro atoms. The third-order valence-electron chi connectivity index (χ3n) is 6.19. The Balaban J connectivity index is 1.21. The number of aryl methyl sites for hydroxylation is 1. The van der Waals surface area contributed by atoms with Gasteiger partial charge in [-0.05, 0) is 66.7 Å². The van der Waals surface area contributed by atoms with Gasteiger partial charge in [0.1, 0.15) is 12.1 Å². The van der Waals surface area contributed by atoms with E-state index in [9.17, 15) is 18.0 Å². The maximum atomic E-state index is 12.8. The Bertz CT molecular complexity index is 1740. The number of carbonyl (C=O) groups is 1. The zero-order chi connectivity index (χ0) is 31.4. The molecule has 0 aliphatic carbocycles. The number of alkyl halides is 3. The van der Waals surface area contributed by atoms with Gasteiger partial charge in [-0.15, -0.1) is 18.3 Å². The number of halogens is 3. The third kappa shape index (κ3) is 7.41. The third-order valence-corrected chi connectivity index (χ3v) is 7.29. The summed E-state index contributed by atoms with van der Waals surface area (Å²) in [6.45, 7) is 1.97. The molecule has 1 aliphatic heterocycles. The summed E-state index contributed by atoms with van der Waals surface area (Å²) in [5, 5.41) is 9.15. The second-order valence-corrected chi connectivity index (χ2v) is 11.0. The summed E-state index contributed by atoms with van der Waals surface area (Å²) in [7, 11) is 3.83. The van der Waals surface area contributed by atoms with Crippen LogP contribution in [0.4, 0.5) is 24.5 Å². The molecule has 0 atom stereocenters. The predicted molar refractivity (Wildman–Crippen MR) is 170 cm³/mol. The molecule has 1 aromatic heterocycles. The number of hydrogen-bond acceptors (Lipinski definition) is 8. The fourth-order valence-electron chi connectivity index (χ4n) is 4.18. The first-order chi connectivity index (χ1) is 21.0. The SMILES string of the molecule is Cc1ccc(N(C)C)c(N2C(=O)CS/C2=N\C(=S)N/N=C/c2ccc(-c3ncn(-c4ccc(OC(F)(F)F)cc4)n3)cc2)c1. The molecular weight excluding hydrogens is 614 g/mol. The van der Waals surface area contributed by atoms with Gasteiger partial charge in [0.2, 0.25) is 11.0 Å². The van der Waals surface area contributed by atoms with E-state index in [0.717, 1.165) is 28.1 Å². The van der Waals surface area contributed by atoms with Crippen LogP contribution in [0.3, 0.4) is 0 Å². The monoisotopic (exact) mass is 638 g/mol. The molecule has 0 bridgehead atoms. The van der Waals surface area contributed by atoms with Gasteiger partial charge >= 0.3 is 6.36 Å². The molecule has 1 N–H and O–H groups in total. The van der Waals surface area contributed by atoms with Crippen LogP contribution in [0.25, 0.3) is 17.1 Å². The molecule has 10 nitrogen and oxygen atoms in total. The normalized spacial score (nSPS) is 14.5. The van der Waals surface area contributed by atoms with Gasteiger partial charge in [0.05, 0.1) is 29.0 Å². The van der Waals surface area contributed by atoms with Crippen molar-refractivity contribution in [2.24, 2.45) is 10.1 Å². The first-order valence-electron chi connectivity index (χ1n) is 13.0. The van der Waals surface area contributed by atoms with Crippen molar-refractivity contribution in [2.45, 2.75) is 13.3 Å². The average molecular weight is 639 g/mol. The van der Waals surface area contributed by atoms with E-state index in [1.807, 2.05) is 68.4 Å². The van der Waals surface area contributed by atoms with Gasteiger partial charge < -0.3 is 9.64 Å². The number of hydrazone groups is 1. The lowest BCUT2D eigenvalue weighted by atomic mass is 10.1. The molecule has 44 heavy (non-hydrogen) atoms. The number of thioether (sulfide) groups is 1. The quantitative estimate of drug-likeness (QED) is 0.160. The number of aromatic nitrogens is 3. The van der Waals surface area contributed by atoms with Crippen molar-refractivity contribution in [2.75, 3.05) is 29.6 Å². The summed E-state index contributed by atoms with van der Waals surface area (Å²) in [4.78, 5) is 25.0. The number of rotatable bonds is 7. The van der Waals surface area contributed by atoms with Crippen molar-refractivity contribution in [1.29, 1.82) is 0 Å². The van der Waals surface area contributed by atoms with E-state index >= 15 is 0 Å². The topological polar surface area (TPSA) is 100 Å². The van der Waals surface area contributed by atoms with Crippen molar-refractivity contribution in [3.63, 3.8) is 0 Å². The summed E-state index contributed by atoms with van der Waals surface area (Å²) in [6, 6.07) is 18.5. The molecular formula is C29H25F3N8O2S2. The molecule has 1 amide bonds. The van der Waals surface area contributed by atoms with Crippen molar-refractivity contribution in [3.05, 3.63) is 84.2 Å². The number of carbonyl (C=O) groups excluding carboxylic acids is 1. The largest absolute Gasteiger partial charge is 0.573 e. The molecule has 5 rings (SSSR count). The number of amides is 1. The lowest BCUT2D eigenvalue weighted by Crippen LogP contribution is -2.32. The van der Waals surface area contributed by atoms with Gasteiger partial charge in [0.15, 0.2) is 11.0 Å². The molecule has 4 aromatic rings. The Morgan fingerprint density at radius 2 is 1.84 bits per heavy atom. The number of benzene rings is 3. The van der Waals surface area contributed by atoms with Gasteiger partial charge in [-0.3, -0.25) is 15.1 Å². The van der Waals surface area contributed by atoms with E-state index in [2.05, 4.69) is 30.3 Å². The first-order valence-corrected chi connectivity index (χ1v) is 14.4. The van der Waals surface area contributed by atoms with Crippen LogP contribution < -0.4 is 20.0 Å². The van der Waals surface area contributed by atoms with Crippen LogP contribution in [-0.2, 0) is 4.79 Å². The summed E-state index contributed by atoms with van der Waals surface area (Å²) < 4.78 is 42.5. The molecule has 0 radical (unpaired) electrons. The molecule has 3 aromatic carbocycles. The summed E-state index contributed by atoms with van der Waals surface area (Å²) in [5.41, 5.74) is 7.38. The second kappa shape index (κ2) is 12.9. The van der Waals surface area contributed by atoms with Crippen molar-refractivity contribution >= 4 is 57.8 Å². The van der Waals surface area contributed by atoms with Crippen molar-refractivity contribution in [1.82, 2.24) is 20.2 Å². The van der Waals surface area contributed by atoms with Crippen LogP contribution in [0.15, 0.2) is 83.2 Å². The zero-order valence-corrected chi connectivity index (χ0v) is 25.2. The number of anilines is 2. The van der Waals surface area contributed by atoms with Gasteiger partial charge in [-0.1, -0.05) is 42.1 Å². The van der Waals surface area contributed by atoms with Crippen LogP contribution in [0.2, 0.25) is 0 Å². The number of thiocarbonyl (C=S) groups is 1.